The maximum absolute atomic E-state index is 13.1. The first-order valence-corrected chi connectivity index (χ1v) is 7.32. The van der Waals surface area contributed by atoms with Gasteiger partial charge in [0.15, 0.2) is 0 Å². The maximum atomic E-state index is 13.1. The van der Waals surface area contributed by atoms with Gasteiger partial charge in [0.25, 0.3) is 0 Å². The van der Waals surface area contributed by atoms with Crippen LogP contribution in [0, 0.1) is 12.7 Å². The van der Waals surface area contributed by atoms with E-state index in [4.69, 9.17) is 0 Å². The van der Waals surface area contributed by atoms with Crippen LogP contribution in [0.4, 0.5) is 4.39 Å². The van der Waals surface area contributed by atoms with Crippen LogP contribution in [0.15, 0.2) is 35.7 Å². The van der Waals surface area contributed by atoms with E-state index in [2.05, 4.69) is 37.5 Å². The van der Waals surface area contributed by atoms with E-state index in [1.807, 2.05) is 19.2 Å². The number of likely N-dealkylation sites (N-methyl/N-ethyl adjacent to an activating group) is 1. The van der Waals surface area contributed by atoms with Gasteiger partial charge in [0.2, 0.25) is 0 Å². The topological polar surface area (TPSA) is 12.0 Å². The van der Waals surface area contributed by atoms with Gasteiger partial charge in [0.1, 0.15) is 5.82 Å². The Morgan fingerprint density at radius 2 is 1.79 bits per heavy atom. The van der Waals surface area contributed by atoms with Gasteiger partial charge >= 0.3 is 0 Å². The first kappa shape index (κ1) is 14.2. The highest BCUT2D eigenvalue weighted by molar-refractivity contribution is 7.10. The van der Waals surface area contributed by atoms with E-state index in [-0.39, 0.29) is 17.3 Å². The fourth-order valence-corrected chi connectivity index (χ4v) is 3.77. The molecule has 1 unspecified atom stereocenters. The summed E-state index contributed by atoms with van der Waals surface area (Å²) < 4.78 is 13.1. The summed E-state index contributed by atoms with van der Waals surface area (Å²) >= 11 is 1.77. The summed E-state index contributed by atoms with van der Waals surface area (Å²) in [5.74, 6) is -0.187. The van der Waals surface area contributed by atoms with Gasteiger partial charge in [-0.25, -0.2) is 4.39 Å². The lowest BCUT2D eigenvalue weighted by Gasteiger charge is -2.35. The van der Waals surface area contributed by atoms with Crippen molar-refractivity contribution in [3.05, 3.63) is 57.5 Å². The molecular weight excluding hydrogens is 257 g/mol. The van der Waals surface area contributed by atoms with Crippen molar-refractivity contribution >= 4 is 11.3 Å². The molecule has 0 radical (unpaired) electrons. The van der Waals surface area contributed by atoms with Gasteiger partial charge in [-0.15, -0.1) is 11.3 Å². The molecule has 0 aliphatic heterocycles. The van der Waals surface area contributed by atoms with Crippen LogP contribution in [0.3, 0.4) is 0 Å². The summed E-state index contributed by atoms with van der Waals surface area (Å²) in [5.41, 5.74) is 2.35. The molecule has 1 nitrogen and oxygen atoms in total. The Morgan fingerprint density at radius 1 is 1.16 bits per heavy atom. The summed E-state index contributed by atoms with van der Waals surface area (Å²) in [4.78, 5) is 1.34. The zero-order valence-electron chi connectivity index (χ0n) is 11.8. The first-order chi connectivity index (χ1) is 8.96. The molecule has 3 heteroatoms. The van der Waals surface area contributed by atoms with Crippen LogP contribution in [0.25, 0.3) is 0 Å². The van der Waals surface area contributed by atoms with Crippen molar-refractivity contribution in [1.29, 1.82) is 0 Å². The third-order valence-electron chi connectivity index (χ3n) is 3.76. The molecule has 1 N–H and O–H groups in total. The number of halogens is 1. The van der Waals surface area contributed by atoms with Crippen molar-refractivity contribution in [2.45, 2.75) is 32.2 Å². The standard InChI is InChI=1S/C16H20FNS/c1-11-9-10-19-14(11)15(18-4)16(2,3)12-5-7-13(17)8-6-12/h5-10,15,18H,1-4H3. The fraction of sp³-hybridized carbons (Fsp3) is 0.375. The molecule has 0 saturated carbocycles. The van der Waals surface area contributed by atoms with Gasteiger partial charge in [-0.2, -0.15) is 0 Å². The first-order valence-electron chi connectivity index (χ1n) is 6.44. The molecule has 19 heavy (non-hydrogen) atoms. The van der Waals surface area contributed by atoms with Gasteiger partial charge in [-0.1, -0.05) is 26.0 Å². The molecule has 0 bridgehead atoms. The molecule has 0 saturated heterocycles. The molecule has 0 aliphatic rings. The minimum Gasteiger partial charge on any atom is -0.312 e. The molecule has 0 fully saturated rings. The molecule has 2 aromatic rings. The van der Waals surface area contributed by atoms with E-state index < -0.39 is 0 Å². The summed E-state index contributed by atoms with van der Waals surface area (Å²) in [6.07, 6.45) is 0. The largest absolute Gasteiger partial charge is 0.312 e. The van der Waals surface area contributed by atoms with Gasteiger partial charge in [0.05, 0.1) is 6.04 Å². The minimum atomic E-state index is -0.187. The number of nitrogens with one attached hydrogen (secondary N) is 1. The number of hydrogen-bond donors (Lipinski definition) is 1. The van der Waals surface area contributed by atoms with Crippen LogP contribution in [0.5, 0.6) is 0 Å². The number of benzene rings is 1. The van der Waals surface area contributed by atoms with Crippen molar-refractivity contribution in [3.63, 3.8) is 0 Å². The molecule has 0 aliphatic carbocycles. The maximum Gasteiger partial charge on any atom is 0.123 e. The average molecular weight is 277 g/mol. The van der Waals surface area contributed by atoms with Crippen LogP contribution in [0.2, 0.25) is 0 Å². The van der Waals surface area contributed by atoms with Crippen molar-refractivity contribution in [2.24, 2.45) is 0 Å². The second-order valence-electron chi connectivity index (χ2n) is 5.42. The Labute approximate surface area is 118 Å². The second-order valence-corrected chi connectivity index (χ2v) is 6.37. The number of aryl methyl sites for hydroxylation is 1. The van der Waals surface area contributed by atoms with Gasteiger partial charge < -0.3 is 5.32 Å². The van der Waals surface area contributed by atoms with E-state index in [9.17, 15) is 4.39 Å². The lowest BCUT2D eigenvalue weighted by Crippen LogP contribution is -2.35. The highest BCUT2D eigenvalue weighted by Gasteiger charge is 2.33. The Hall–Kier alpha value is -1.19. The Kier molecular flexibility index (Phi) is 4.07. The van der Waals surface area contributed by atoms with Crippen LogP contribution in [-0.4, -0.2) is 7.05 Å². The minimum absolute atomic E-state index is 0.0991. The van der Waals surface area contributed by atoms with E-state index in [1.54, 1.807) is 11.3 Å². The highest BCUT2D eigenvalue weighted by Crippen LogP contribution is 2.39. The van der Waals surface area contributed by atoms with Gasteiger partial charge in [-0.3, -0.25) is 0 Å². The molecule has 0 spiro atoms. The van der Waals surface area contributed by atoms with Crippen molar-refractivity contribution in [3.8, 4) is 0 Å². The molecule has 1 atom stereocenters. The third-order valence-corrected chi connectivity index (χ3v) is 4.85. The van der Waals surface area contributed by atoms with Crippen LogP contribution in [-0.2, 0) is 5.41 Å². The second kappa shape index (κ2) is 5.43. The number of thiophene rings is 1. The van der Waals surface area contributed by atoms with Crippen molar-refractivity contribution in [1.82, 2.24) is 5.32 Å². The van der Waals surface area contributed by atoms with E-state index in [0.717, 1.165) is 5.56 Å². The molecule has 2 rings (SSSR count). The molecule has 1 aromatic carbocycles. The predicted octanol–water partition coefficient (Wildman–Crippen LogP) is 4.43. The fourth-order valence-electron chi connectivity index (χ4n) is 2.55. The van der Waals surface area contributed by atoms with Crippen LogP contribution in [0.1, 0.15) is 35.9 Å². The van der Waals surface area contributed by atoms with Crippen LogP contribution >= 0.6 is 11.3 Å². The molecule has 1 heterocycles. The predicted molar refractivity (Wildman–Crippen MR) is 80.3 cm³/mol. The van der Waals surface area contributed by atoms with E-state index >= 15 is 0 Å². The lowest BCUT2D eigenvalue weighted by molar-refractivity contribution is 0.372. The Morgan fingerprint density at radius 3 is 2.26 bits per heavy atom. The highest BCUT2D eigenvalue weighted by atomic mass is 32.1. The summed E-state index contributed by atoms with van der Waals surface area (Å²) in [6.45, 7) is 6.53. The van der Waals surface area contributed by atoms with E-state index in [0.29, 0.717) is 0 Å². The molecule has 1 aromatic heterocycles. The third kappa shape index (κ3) is 2.72. The average Bonchev–Trinajstić information content (AvgIpc) is 2.77. The van der Waals surface area contributed by atoms with Gasteiger partial charge in [-0.05, 0) is 48.7 Å². The number of hydrogen-bond acceptors (Lipinski definition) is 2. The van der Waals surface area contributed by atoms with E-state index in [1.165, 1.54) is 22.6 Å². The smallest absolute Gasteiger partial charge is 0.123 e. The summed E-state index contributed by atoms with van der Waals surface area (Å²) in [6, 6.07) is 9.19. The summed E-state index contributed by atoms with van der Waals surface area (Å²) in [5, 5.41) is 5.54. The van der Waals surface area contributed by atoms with Gasteiger partial charge in [0, 0.05) is 10.3 Å². The molecule has 0 amide bonds. The Balaban J connectivity index is 2.41. The Bertz CT molecular complexity index is 542. The summed E-state index contributed by atoms with van der Waals surface area (Å²) in [7, 11) is 1.98. The zero-order chi connectivity index (χ0) is 14.0. The monoisotopic (exact) mass is 277 g/mol. The quantitative estimate of drug-likeness (QED) is 0.871. The molecule has 102 valence electrons. The van der Waals surface area contributed by atoms with Crippen molar-refractivity contribution in [2.75, 3.05) is 7.05 Å². The SMILES string of the molecule is CNC(c1sccc1C)C(C)(C)c1ccc(F)cc1. The normalized spacial score (nSPS) is 13.5. The molecular formula is C16H20FNS. The lowest BCUT2D eigenvalue weighted by atomic mass is 9.76. The van der Waals surface area contributed by atoms with Crippen molar-refractivity contribution < 1.29 is 4.39 Å². The zero-order valence-corrected chi connectivity index (χ0v) is 12.6. The number of rotatable bonds is 4. The van der Waals surface area contributed by atoms with Crippen LogP contribution < -0.4 is 5.32 Å².